The summed E-state index contributed by atoms with van der Waals surface area (Å²) in [5, 5.41) is 4.46. The first-order valence-electron chi connectivity index (χ1n) is 12.2. The van der Waals surface area contributed by atoms with Crippen molar-refractivity contribution in [1.82, 2.24) is 10.2 Å². The van der Waals surface area contributed by atoms with Crippen molar-refractivity contribution in [3.05, 3.63) is 100 Å². The molecule has 1 aliphatic rings. The normalized spacial score (nSPS) is 18.4. The number of piperidine rings is 1. The molecule has 0 unspecified atom stereocenters. The van der Waals surface area contributed by atoms with Gasteiger partial charge in [-0.25, -0.2) is 4.39 Å². The van der Waals surface area contributed by atoms with Gasteiger partial charge in [0.1, 0.15) is 11.6 Å². The molecule has 2 atom stereocenters. The molecule has 35 heavy (non-hydrogen) atoms. The average molecular weight is 495 g/mol. The molecule has 0 amide bonds. The minimum atomic E-state index is -0.325. The maximum absolute atomic E-state index is 13.2. The number of benzene rings is 3. The second-order valence-electron chi connectivity index (χ2n) is 9.01. The van der Waals surface area contributed by atoms with Crippen LogP contribution in [0.25, 0.3) is 0 Å². The molecule has 3 aromatic rings. The minimum absolute atomic E-state index is 0.0565. The van der Waals surface area contributed by atoms with Crippen LogP contribution in [0, 0.1) is 5.82 Å². The number of rotatable bonds is 10. The van der Waals surface area contributed by atoms with Crippen LogP contribution in [-0.4, -0.2) is 36.9 Å². The highest BCUT2D eigenvalue weighted by Crippen LogP contribution is 2.32. The van der Waals surface area contributed by atoms with Crippen LogP contribution in [0.2, 0.25) is 5.02 Å². The molecular formula is C29H32ClFN2O2. The number of carbonyl (C=O) groups excluding carboxylic acids is 1. The molecule has 0 bridgehead atoms. The van der Waals surface area contributed by atoms with Crippen molar-refractivity contribution in [1.29, 1.82) is 0 Å². The zero-order chi connectivity index (χ0) is 24.6. The number of nitrogens with one attached hydrogen (secondary N) is 1. The maximum Gasteiger partial charge on any atom is 0.162 e. The molecule has 1 fully saturated rings. The van der Waals surface area contributed by atoms with E-state index >= 15 is 0 Å². The van der Waals surface area contributed by atoms with Gasteiger partial charge in [0.05, 0.1) is 13.2 Å². The summed E-state index contributed by atoms with van der Waals surface area (Å²) in [6.45, 7) is 2.47. The standard InChI is InChI=1S/C29H32ClFN2O2/c1-35-28-16-13-24(30)19-23(28)20-32-26-9-5-17-33(29(26)22-7-3-2-4-8-22)18-6-10-27(34)21-11-14-25(31)15-12-21/h2-4,7-8,11-16,19,26,29,32H,5-6,9-10,17-18,20H2,1H3/t26-,29-/m0/s1. The summed E-state index contributed by atoms with van der Waals surface area (Å²) in [6.07, 6.45) is 3.35. The van der Waals surface area contributed by atoms with Crippen LogP contribution < -0.4 is 10.1 Å². The monoisotopic (exact) mass is 494 g/mol. The third kappa shape index (κ3) is 6.69. The van der Waals surface area contributed by atoms with Gasteiger partial charge in [-0.05, 0) is 80.4 Å². The lowest BCUT2D eigenvalue weighted by Gasteiger charge is -2.42. The molecule has 0 spiro atoms. The predicted molar refractivity (Wildman–Crippen MR) is 139 cm³/mol. The fourth-order valence-corrected chi connectivity index (χ4v) is 5.17. The third-order valence-corrected chi connectivity index (χ3v) is 6.92. The van der Waals surface area contributed by atoms with E-state index in [9.17, 15) is 9.18 Å². The fraction of sp³-hybridized carbons (Fsp3) is 0.345. The van der Waals surface area contributed by atoms with Crippen LogP contribution in [-0.2, 0) is 6.54 Å². The molecule has 1 aliphatic heterocycles. The molecule has 1 N–H and O–H groups in total. The van der Waals surface area contributed by atoms with E-state index in [0.717, 1.165) is 43.7 Å². The molecular weight excluding hydrogens is 463 g/mol. The molecule has 1 saturated heterocycles. The first-order valence-corrected chi connectivity index (χ1v) is 12.6. The predicted octanol–water partition coefficient (Wildman–Crippen LogP) is 6.45. The number of halogens is 2. The van der Waals surface area contributed by atoms with Crippen molar-refractivity contribution in [3.8, 4) is 5.75 Å². The van der Waals surface area contributed by atoms with E-state index in [4.69, 9.17) is 16.3 Å². The summed E-state index contributed by atoms with van der Waals surface area (Å²) in [5.74, 6) is 0.556. The van der Waals surface area contributed by atoms with Gasteiger partial charge in [-0.3, -0.25) is 9.69 Å². The van der Waals surface area contributed by atoms with E-state index in [1.165, 1.54) is 17.7 Å². The molecule has 4 rings (SSSR count). The number of hydrogen-bond acceptors (Lipinski definition) is 4. The number of Topliss-reactive ketones (excluding diaryl/α,β-unsaturated/α-hetero) is 1. The van der Waals surface area contributed by atoms with Gasteiger partial charge < -0.3 is 10.1 Å². The molecule has 0 aromatic heterocycles. The number of hydrogen-bond donors (Lipinski definition) is 1. The summed E-state index contributed by atoms with van der Waals surface area (Å²) in [4.78, 5) is 15.1. The van der Waals surface area contributed by atoms with Crippen molar-refractivity contribution in [2.24, 2.45) is 0 Å². The Balaban J connectivity index is 1.44. The number of ether oxygens (including phenoxy) is 1. The molecule has 1 heterocycles. The summed E-state index contributed by atoms with van der Waals surface area (Å²) in [7, 11) is 1.68. The van der Waals surface area contributed by atoms with Gasteiger partial charge >= 0.3 is 0 Å². The second-order valence-corrected chi connectivity index (χ2v) is 9.45. The molecule has 0 aliphatic carbocycles. The van der Waals surface area contributed by atoms with Crippen LogP contribution in [0.4, 0.5) is 4.39 Å². The lowest BCUT2D eigenvalue weighted by molar-refractivity contribution is 0.0929. The molecule has 6 heteroatoms. The summed E-state index contributed by atoms with van der Waals surface area (Å²) < 4.78 is 18.7. The maximum atomic E-state index is 13.2. The Kier molecular flexibility index (Phi) is 8.91. The Bertz CT molecular complexity index is 1110. The number of ketones is 1. The van der Waals surface area contributed by atoms with Gasteiger partial charge in [0.25, 0.3) is 0 Å². The van der Waals surface area contributed by atoms with Gasteiger partial charge in [0.15, 0.2) is 5.78 Å². The summed E-state index contributed by atoms with van der Waals surface area (Å²) >= 11 is 6.24. The van der Waals surface area contributed by atoms with E-state index in [1.807, 2.05) is 24.3 Å². The number of nitrogens with zero attached hydrogens (tertiary/aromatic N) is 1. The lowest BCUT2D eigenvalue weighted by atomic mass is 9.89. The highest BCUT2D eigenvalue weighted by molar-refractivity contribution is 6.30. The second kappa shape index (κ2) is 12.3. The van der Waals surface area contributed by atoms with Crippen molar-refractivity contribution in [2.75, 3.05) is 20.2 Å². The van der Waals surface area contributed by atoms with Crippen LogP contribution >= 0.6 is 11.6 Å². The Morgan fingerprint density at radius 2 is 1.89 bits per heavy atom. The molecule has 0 saturated carbocycles. The Morgan fingerprint density at radius 1 is 1.11 bits per heavy atom. The molecule has 0 radical (unpaired) electrons. The zero-order valence-electron chi connectivity index (χ0n) is 20.1. The van der Waals surface area contributed by atoms with Crippen molar-refractivity contribution in [3.63, 3.8) is 0 Å². The first kappa shape index (κ1) is 25.4. The number of methoxy groups -OCH3 is 1. The summed E-state index contributed by atoms with van der Waals surface area (Å²) in [5.41, 5.74) is 2.88. The minimum Gasteiger partial charge on any atom is -0.496 e. The number of likely N-dealkylation sites (tertiary alicyclic amines) is 1. The van der Waals surface area contributed by atoms with E-state index < -0.39 is 0 Å². The highest BCUT2D eigenvalue weighted by Gasteiger charge is 2.32. The molecule has 3 aromatic carbocycles. The van der Waals surface area contributed by atoms with Gasteiger partial charge in [0, 0.05) is 35.2 Å². The highest BCUT2D eigenvalue weighted by atomic mass is 35.5. The largest absolute Gasteiger partial charge is 0.496 e. The van der Waals surface area contributed by atoms with Crippen molar-refractivity contribution >= 4 is 17.4 Å². The molecule has 4 nitrogen and oxygen atoms in total. The zero-order valence-corrected chi connectivity index (χ0v) is 20.8. The smallest absolute Gasteiger partial charge is 0.162 e. The van der Waals surface area contributed by atoms with Crippen LogP contribution in [0.5, 0.6) is 5.75 Å². The topological polar surface area (TPSA) is 41.6 Å². The fourth-order valence-electron chi connectivity index (χ4n) is 4.97. The Morgan fingerprint density at radius 3 is 2.63 bits per heavy atom. The quantitative estimate of drug-likeness (QED) is 0.329. The van der Waals surface area contributed by atoms with E-state index in [2.05, 4.69) is 34.5 Å². The van der Waals surface area contributed by atoms with Crippen molar-refractivity contribution < 1.29 is 13.9 Å². The first-order chi connectivity index (χ1) is 17.0. The Labute approximate surface area is 212 Å². The molecule has 184 valence electrons. The van der Waals surface area contributed by atoms with Gasteiger partial charge in [0.2, 0.25) is 0 Å². The van der Waals surface area contributed by atoms with Crippen LogP contribution in [0.15, 0.2) is 72.8 Å². The van der Waals surface area contributed by atoms with E-state index in [1.54, 1.807) is 19.2 Å². The van der Waals surface area contributed by atoms with E-state index in [0.29, 0.717) is 23.6 Å². The van der Waals surface area contributed by atoms with Gasteiger partial charge in [-0.2, -0.15) is 0 Å². The van der Waals surface area contributed by atoms with Gasteiger partial charge in [-0.1, -0.05) is 41.9 Å². The Hall–Kier alpha value is -2.73. The summed E-state index contributed by atoms with van der Waals surface area (Å²) in [6, 6.07) is 22.5. The van der Waals surface area contributed by atoms with Gasteiger partial charge in [-0.15, -0.1) is 0 Å². The van der Waals surface area contributed by atoms with E-state index in [-0.39, 0.29) is 23.7 Å². The average Bonchev–Trinajstić information content (AvgIpc) is 2.88. The lowest BCUT2D eigenvalue weighted by Crippen LogP contribution is -2.48. The third-order valence-electron chi connectivity index (χ3n) is 6.69. The van der Waals surface area contributed by atoms with Crippen LogP contribution in [0.3, 0.4) is 0 Å². The SMILES string of the molecule is COc1ccc(Cl)cc1CN[C@H]1CCCN(CCCC(=O)c2ccc(F)cc2)[C@H]1c1ccccc1. The van der Waals surface area contributed by atoms with Crippen LogP contribution in [0.1, 0.15) is 53.2 Å². The van der Waals surface area contributed by atoms with Crippen molar-refractivity contribution in [2.45, 2.75) is 44.3 Å². The number of carbonyl (C=O) groups is 1.